The van der Waals surface area contributed by atoms with Gasteiger partial charge in [-0.25, -0.2) is 4.98 Å². The first-order valence-electron chi connectivity index (χ1n) is 6.08. The minimum absolute atomic E-state index is 0.0635. The van der Waals surface area contributed by atoms with Crippen LogP contribution in [0.2, 0.25) is 5.28 Å². The van der Waals surface area contributed by atoms with Gasteiger partial charge in [0.15, 0.2) is 0 Å². The van der Waals surface area contributed by atoms with Crippen LogP contribution in [0.3, 0.4) is 0 Å². The van der Waals surface area contributed by atoms with E-state index in [4.69, 9.17) is 21.4 Å². The number of para-hydroxylation sites is 1. The van der Waals surface area contributed by atoms with Crippen molar-refractivity contribution < 1.29 is 14.8 Å². The van der Waals surface area contributed by atoms with Gasteiger partial charge >= 0.3 is 11.6 Å². The fraction of sp³-hybridized carbons (Fsp3) is 0.231. The maximum Gasteiger partial charge on any atom is 0.352 e. The van der Waals surface area contributed by atoms with Crippen LogP contribution >= 0.6 is 11.6 Å². The summed E-state index contributed by atoms with van der Waals surface area (Å²) in [6, 6.07) is 6.90. The molecule has 1 aromatic carbocycles. The molecule has 7 nitrogen and oxygen atoms in total. The number of benzene rings is 1. The van der Waals surface area contributed by atoms with E-state index in [1.165, 1.54) is 6.92 Å². The van der Waals surface area contributed by atoms with Crippen LogP contribution in [-0.2, 0) is 6.42 Å². The van der Waals surface area contributed by atoms with Crippen molar-refractivity contribution in [3.8, 4) is 11.6 Å². The molecule has 0 aliphatic carbocycles. The molecule has 0 aliphatic rings. The van der Waals surface area contributed by atoms with Crippen molar-refractivity contribution in [1.82, 2.24) is 9.97 Å². The Morgan fingerprint density at radius 3 is 2.76 bits per heavy atom. The van der Waals surface area contributed by atoms with Crippen molar-refractivity contribution in [3.63, 3.8) is 0 Å². The van der Waals surface area contributed by atoms with Gasteiger partial charge in [-0.2, -0.15) is 4.98 Å². The Morgan fingerprint density at radius 1 is 1.38 bits per heavy atom. The standard InChI is InChI=1S/C13H12ClN3O4/c1-8-11(17(19)20)12(16-13(14)15-8)21-10-5-3-2-4-9(10)6-7-18/h2-5,18H,6-7H2,1H3. The molecule has 110 valence electrons. The highest BCUT2D eigenvalue weighted by atomic mass is 35.5. The Hall–Kier alpha value is -2.25. The molecule has 0 unspecified atom stereocenters. The summed E-state index contributed by atoms with van der Waals surface area (Å²) >= 11 is 5.73. The molecule has 0 radical (unpaired) electrons. The molecule has 8 heteroatoms. The van der Waals surface area contributed by atoms with Crippen molar-refractivity contribution in [3.05, 3.63) is 50.9 Å². The normalized spacial score (nSPS) is 10.4. The second kappa shape index (κ2) is 6.47. The van der Waals surface area contributed by atoms with E-state index in [1.54, 1.807) is 24.3 Å². The van der Waals surface area contributed by atoms with Gasteiger partial charge < -0.3 is 9.84 Å². The quantitative estimate of drug-likeness (QED) is 0.518. The zero-order valence-corrected chi connectivity index (χ0v) is 11.9. The molecule has 0 aliphatic heterocycles. The molecule has 21 heavy (non-hydrogen) atoms. The van der Waals surface area contributed by atoms with E-state index in [-0.39, 0.29) is 29.2 Å². The summed E-state index contributed by atoms with van der Waals surface area (Å²) in [5.74, 6) is 0.159. The second-order valence-corrected chi connectivity index (χ2v) is 4.51. The van der Waals surface area contributed by atoms with E-state index in [9.17, 15) is 10.1 Å². The molecule has 0 bridgehead atoms. The Balaban J connectivity index is 2.47. The molecule has 1 heterocycles. The number of aliphatic hydroxyl groups is 1. The SMILES string of the molecule is Cc1nc(Cl)nc(Oc2ccccc2CCO)c1[N+](=O)[O-]. The number of hydrogen-bond donors (Lipinski definition) is 1. The maximum absolute atomic E-state index is 11.1. The molecule has 0 spiro atoms. The van der Waals surface area contributed by atoms with Crippen LogP contribution in [0.4, 0.5) is 5.69 Å². The lowest BCUT2D eigenvalue weighted by Gasteiger charge is -2.10. The largest absolute Gasteiger partial charge is 0.433 e. The van der Waals surface area contributed by atoms with Gasteiger partial charge in [-0.05, 0) is 36.6 Å². The van der Waals surface area contributed by atoms with Crippen LogP contribution in [0, 0.1) is 17.0 Å². The molecule has 1 N–H and O–H groups in total. The van der Waals surface area contributed by atoms with E-state index < -0.39 is 4.92 Å². The highest BCUT2D eigenvalue weighted by Gasteiger charge is 2.24. The highest BCUT2D eigenvalue weighted by Crippen LogP contribution is 2.33. The van der Waals surface area contributed by atoms with E-state index in [2.05, 4.69) is 9.97 Å². The summed E-state index contributed by atoms with van der Waals surface area (Å²) in [6.07, 6.45) is 0.363. The molecular formula is C13H12ClN3O4. The molecule has 0 amide bonds. The number of rotatable bonds is 5. The van der Waals surface area contributed by atoms with E-state index >= 15 is 0 Å². The summed E-state index contributed by atoms with van der Waals surface area (Å²) < 4.78 is 5.53. The van der Waals surface area contributed by atoms with E-state index in [0.717, 1.165) is 0 Å². The topological polar surface area (TPSA) is 98.4 Å². The van der Waals surface area contributed by atoms with Crippen LogP contribution < -0.4 is 4.74 Å². The molecule has 2 rings (SSSR count). The smallest absolute Gasteiger partial charge is 0.352 e. The number of hydrogen-bond acceptors (Lipinski definition) is 6. The van der Waals surface area contributed by atoms with Crippen molar-refractivity contribution in [2.75, 3.05) is 6.61 Å². The van der Waals surface area contributed by atoms with Gasteiger partial charge in [0.1, 0.15) is 11.4 Å². The number of aromatic nitrogens is 2. The Labute approximate surface area is 125 Å². The van der Waals surface area contributed by atoms with Crippen LogP contribution in [-0.4, -0.2) is 26.6 Å². The third-order valence-corrected chi connectivity index (χ3v) is 2.91. The third kappa shape index (κ3) is 3.45. The van der Waals surface area contributed by atoms with Gasteiger partial charge in [0.25, 0.3) is 0 Å². The van der Waals surface area contributed by atoms with Gasteiger partial charge in [-0.15, -0.1) is 0 Å². The van der Waals surface area contributed by atoms with Gasteiger partial charge in [0, 0.05) is 6.61 Å². The second-order valence-electron chi connectivity index (χ2n) is 4.17. The number of ether oxygens (including phenoxy) is 1. The number of nitro groups is 1. The molecule has 0 saturated heterocycles. The molecule has 2 aromatic rings. The van der Waals surface area contributed by atoms with Crippen molar-refractivity contribution >= 4 is 17.3 Å². The van der Waals surface area contributed by atoms with Gasteiger partial charge in [0.05, 0.1) is 4.92 Å². The minimum atomic E-state index is -0.615. The molecular weight excluding hydrogens is 298 g/mol. The van der Waals surface area contributed by atoms with Crippen LogP contribution in [0.5, 0.6) is 11.6 Å². The van der Waals surface area contributed by atoms with Gasteiger partial charge in [-0.1, -0.05) is 18.2 Å². The minimum Gasteiger partial charge on any atom is -0.433 e. The lowest BCUT2D eigenvalue weighted by Crippen LogP contribution is -2.03. The Kier molecular flexibility index (Phi) is 4.66. The summed E-state index contributed by atoms with van der Waals surface area (Å²) in [6.45, 7) is 1.39. The van der Waals surface area contributed by atoms with Crippen molar-refractivity contribution in [2.45, 2.75) is 13.3 Å². The van der Waals surface area contributed by atoms with Gasteiger partial charge in [0.2, 0.25) is 5.28 Å². The Bertz CT molecular complexity index is 678. The summed E-state index contributed by atoms with van der Waals surface area (Å²) in [5.41, 5.74) is 0.495. The lowest BCUT2D eigenvalue weighted by atomic mass is 10.1. The predicted octanol–water partition coefficient (Wildman–Crippen LogP) is 2.67. The fourth-order valence-electron chi connectivity index (χ4n) is 1.82. The van der Waals surface area contributed by atoms with Crippen LogP contribution in [0.25, 0.3) is 0 Å². The van der Waals surface area contributed by atoms with E-state index in [1.807, 2.05) is 0 Å². The first kappa shape index (κ1) is 15.1. The first-order valence-corrected chi connectivity index (χ1v) is 6.46. The molecule has 0 saturated carbocycles. The number of aryl methyl sites for hydroxylation is 1. The summed E-state index contributed by atoms with van der Waals surface area (Å²) in [7, 11) is 0. The number of nitrogens with zero attached hydrogens (tertiary/aromatic N) is 3. The number of halogens is 1. The monoisotopic (exact) mass is 309 g/mol. The lowest BCUT2D eigenvalue weighted by molar-refractivity contribution is -0.386. The van der Waals surface area contributed by atoms with Crippen molar-refractivity contribution in [1.29, 1.82) is 0 Å². The average Bonchev–Trinajstić information content (AvgIpc) is 2.40. The zero-order valence-electron chi connectivity index (χ0n) is 11.1. The summed E-state index contributed by atoms with van der Waals surface area (Å²) in [4.78, 5) is 18.0. The summed E-state index contributed by atoms with van der Waals surface area (Å²) in [5, 5.41) is 20.0. The van der Waals surface area contributed by atoms with Crippen LogP contribution in [0.15, 0.2) is 24.3 Å². The third-order valence-electron chi connectivity index (χ3n) is 2.74. The fourth-order valence-corrected chi connectivity index (χ4v) is 2.03. The van der Waals surface area contributed by atoms with Gasteiger partial charge in [-0.3, -0.25) is 10.1 Å². The Morgan fingerprint density at radius 2 is 2.10 bits per heavy atom. The zero-order chi connectivity index (χ0) is 15.4. The first-order chi connectivity index (χ1) is 10.0. The predicted molar refractivity (Wildman–Crippen MR) is 75.7 cm³/mol. The molecule has 0 atom stereocenters. The van der Waals surface area contributed by atoms with Crippen LogP contribution in [0.1, 0.15) is 11.3 Å². The molecule has 0 fully saturated rings. The molecule has 1 aromatic heterocycles. The average molecular weight is 310 g/mol. The highest BCUT2D eigenvalue weighted by molar-refractivity contribution is 6.28. The van der Waals surface area contributed by atoms with Crippen molar-refractivity contribution in [2.24, 2.45) is 0 Å². The maximum atomic E-state index is 11.1. The van der Waals surface area contributed by atoms with E-state index in [0.29, 0.717) is 17.7 Å². The number of aliphatic hydroxyl groups excluding tert-OH is 1.